The maximum absolute atomic E-state index is 11.8. The number of ether oxygens (including phenoxy) is 6. The standard InChI is InChI=1S/C12H20O8/c1-11(17-5)12(2,18-6)20-8(10(14)16-4)7(19-11)9(13)15-3/h7-8H,1-6H3/t7-,8?,11-,12?/m0/s1. The van der Waals surface area contributed by atoms with Gasteiger partial charge < -0.3 is 28.4 Å². The highest BCUT2D eigenvalue weighted by Crippen LogP contribution is 2.39. The molecule has 1 rings (SSSR count). The summed E-state index contributed by atoms with van der Waals surface area (Å²) in [6.45, 7) is 3.06. The lowest BCUT2D eigenvalue weighted by Gasteiger charge is -2.50. The highest BCUT2D eigenvalue weighted by atomic mass is 16.8. The third-order valence-corrected chi connectivity index (χ3v) is 3.45. The molecule has 0 spiro atoms. The van der Waals surface area contributed by atoms with Gasteiger partial charge in [-0.15, -0.1) is 0 Å². The minimum absolute atomic E-state index is 0.776. The fourth-order valence-corrected chi connectivity index (χ4v) is 1.86. The van der Waals surface area contributed by atoms with E-state index in [0.717, 1.165) is 0 Å². The van der Waals surface area contributed by atoms with Crippen molar-refractivity contribution in [1.29, 1.82) is 0 Å². The molecule has 0 aromatic rings. The molecule has 1 heterocycles. The molecule has 0 radical (unpaired) electrons. The fourth-order valence-electron chi connectivity index (χ4n) is 1.86. The molecule has 1 saturated heterocycles. The van der Waals surface area contributed by atoms with Gasteiger partial charge in [0.05, 0.1) is 14.2 Å². The summed E-state index contributed by atoms with van der Waals surface area (Å²) in [5.74, 6) is -4.38. The molecule has 2 unspecified atom stereocenters. The van der Waals surface area contributed by atoms with E-state index in [1.165, 1.54) is 42.3 Å². The molecule has 1 fully saturated rings. The highest BCUT2D eigenvalue weighted by molar-refractivity contribution is 5.85. The van der Waals surface area contributed by atoms with Crippen molar-refractivity contribution in [2.45, 2.75) is 37.6 Å². The van der Waals surface area contributed by atoms with Crippen molar-refractivity contribution in [3.05, 3.63) is 0 Å². The van der Waals surface area contributed by atoms with Crippen molar-refractivity contribution in [3.8, 4) is 0 Å². The van der Waals surface area contributed by atoms with Gasteiger partial charge in [0.25, 0.3) is 0 Å². The van der Waals surface area contributed by atoms with Gasteiger partial charge in [0.15, 0.2) is 12.2 Å². The summed E-state index contributed by atoms with van der Waals surface area (Å²) in [5, 5.41) is 0. The predicted molar refractivity (Wildman–Crippen MR) is 64.6 cm³/mol. The Labute approximate surface area is 117 Å². The van der Waals surface area contributed by atoms with E-state index in [2.05, 4.69) is 9.47 Å². The first-order valence-electron chi connectivity index (χ1n) is 5.90. The molecular weight excluding hydrogens is 272 g/mol. The molecule has 8 heteroatoms. The third-order valence-electron chi connectivity index (χ3n) is 3.45. The van der Waals surface area contributed by atoms with E-state index >= 15 is 0 Å². The Morgan fingerprint density at radius 1 is 0.800 bits per heavy atom. The van der Waals surface area contributed by atoms with Crippen molar-refractivity contribution < 1.29 is 38.0 Å². The van der Waals surface area contributed by atoms with Crippen LogP contribution in [0, 0.1) is 0 Å². The molecular formula is C12H20O8. The first kappa shape index (κ1) is 16.8. The summed E-state index contributed by atoms with van der Waals surface area (Å²) >= 11 is 0. The summed E-state index contributed by atoms with van der Waals surface area (Å²) < 4.78 is 30.8. The van der Waals surface area contributed by atoms with E-state index in [-0.39, 0.29) is 0 Å². The van der Waals surface area contributed by atoms with Gasteiger partial charge in [0, 0.05) is 14.2 Å². The second-order valence-electron chi connectivity index (χ2n) is 4.42. The Bertz CT molecular complexity index is 348. The van der Waals surface area contributed by atoms with E-state index in [0.29, 0.717) is 0 Å². The average Bonchev–Trinajstić information content (AvgIpc) is 2.47. The Morgan fingerprint density at radius 2 is 1.10 bits per heavy atom. The number of rotatable bonds is 4. The molecule has 1 aliphatic rings. The maximum Gasteiger partial charge on any atom is 0.338 e. The van der Waals surface area contributed by atoms with Crippen LogP contribution in [0.3, 0.4) is 0 Å². The fraction of sp³-hybridized carbons (Fsp3) is 0.833. The van der Waals surface area contributed by atoms with Crippen molar-refractivity contribution in [2.75, 3.05) is 28.4 Å². The second kappa shape index (κ2) is 6.04. The Kier molecular flexibility index (Phi) is 5.09. The molecule has 0 saturated carbocycles. The zero-order chi connectivity index (χ0) is 15.6. The van der Waals surface area contributed by atoms with Crippen LogP contribution >= 0.6 is 0 Å². The van der Waals surface area contributed by atoms with E-state index in [1.54, 1.807) is 0 Å². The van der Waals surface area contributed by atoms with Crippen LogP contribution in [0.15, 0.2) is 0 Å². The normalized spacial score (nSPS) is 37.3. The Morgan fingerprint density at radius 3 is 1.30 bits per heavy atom. The first-order valence-corrected chi connectivity index (χ1v) is 5.90. The van der Waals surface area contributed by atoms with Gasteiger partial charge in [0.1, 0.15) is 0 Å². The summed E-state index contributed by atoms with van der Waals surface area (Å²) in [7, 11) is 5.09. The minimum atomic E-state index is -1.41. The molecule has 20 heavy (non-hydrogen) atoms. The zero-order valence-corrected chi connectivity index (χ0v) is 12.4. The third kappa shape index (κ3) is 2.64. The number of esters is 2. The lowest BCUT2D eigenvalue weighted by Crippen LogP contribution is -2.68. The molecule has 0 N–H and O–H groups in total. The molecule has 8 nitrogen and oxygen atoms in total. The number of hydrogen-bond acceptors (Lipinski definition) is 8. The van der Waals surface area contributed by atoms with Crippen LogP contribution in [0.4, 0.5) is 0 Å². The minimum Gasteiger partial charge on any atom is -0.467 e. The smallest absolute Gasteiger partial charge is 0.338 e. The van der Waals surface area contributed by atoms with Crippen molar-refractivity contribution in [3.63, 3.8) is 0 Å². The summed E-state index contributed by atoms with van der Waals surface area (Å²) in [6, 6.07) is 0. The quantitative estimate of drug-likeness (QED) is 0.660. The van der Waals surface area contributed by atoms with E-state index < -0.39 is 35.7 Å². The van der Waals surface area contributed by atoms with Crippen molar-refractivity contribution in [1.82, 2.24) is 0 Å². The Hall–Kier alpha value is -1.22. The van der Waals surface area contributed by atoms with Crippen LogP contribution in [0.5, 0.6) is 0 Å². The van der Waals surface area contributed by atoms with Gasteiger partial charge in [0.2, 0.25) is 11.6 Å². The van der Waals surface area contributed by atoms with Gasteiger partial charge in [-0.05, 0) is 13.8 Å². The Balaban J connectivity index is 3.18. The topological polar surface area (TPSA) is 89.5 Å². The lowest BCUT2D eigenvalue weighted by molar-refractivity contribution is -0.439. The predicted octanol–water partition coefficient (Wildman–Crippen LogP) is -0.158. The summed E-state index contributed by atoms with van der Waals surface area (Å²) in [6.07, 6.45) is -2.64. The summed E-state index contributed by atoms with van der Waals surface area (Å²) in [4.78, 5) is 23.5. The van der Waals surface area contributed by atoms with Gasteiger partial charge >= 0.3 is 11.9 Å². The highest BCUT2D eigenvalue weighted by Gasteiger charge is 2.60. The molecule has 0 aromatic heterocycles. The van der Waals surface area contributed by atoms with Crippen molar-refractivity contribution >= 4 is 11.9 Å². The molecule has 116 valence electrons. The summed E-state index contributed by atoms with van der Waals surface area (Å²) in [5.41, 5.74) is 0. The number of hydrogen-bond donors (Lipinski definition) is 0. The van der Waals surface area contributed by atoms with Crippen LogP contribution in [0.25, 0.3) is 0 Å². The largest absolute Gasteiger partial charge is 0.467 e. The maximum atomic E-state index is 11.8. The van der Waals surface area contributed by atoms with E-state index in [1.807, 2.05) is 0 Å². The number of carbonyl (C=O) groups excluding carboxylic acids is 2. The molecule has 0 amide bonds. The van der Waals surface area contributed by atoms with Crippen LogP contribution < -0.4 is 0 Å². The number of carbonyl (C=O) groups is 2. The zero-order valence-electron chi connectivity index (χ0n) is 12.4. The average molecular weight is 292 g/mol. The molecule has 0 bridgehead atoms. The molecule has 1 aliphatic heterocycles. The van der Waals surface area contributed by atoms with Crippen molar-refractivity contribution in [2.24, 2.45) is 0 Å². The van der Waals surface area contributed by atoms with Gasteiger partial charge in [-0.3, -0.25) is 0 Å². The van der Waals surface area contributed by atoms with Crippen LogP contribution in [0.1, 0.15) is 13.8 Å². The molecule has 0 aliphatic carbocycles. The van der Waals surface area contributed by atoms with Gasteiger partial charge in [-0.2, -0.15) is 0 Å². The lowest BCUT2D eigenvalue weighted by atomic mass is 10.0. The van der Waals surface area contributed by atoms with E-state index in [9.17, 15) is 9.59 Å². The molecule has 0 aromatic carbocycles. The number of methoxy groups -OCH3 is 4. The monoisotopic (exact) mass is 292 g/mol. The van der Waals surface area contributed by atoms with E-state index in [4.69, 9.17) is 18.9 Å². The van der Waals surface area contributed by atoms with Gasteiger partial charge in [-0.1, -0.05) is 0 Å². The molecule has 4 atom stereocenters. The first-order chi connectivity index (χ1) is 9.28. The SMILES string of the molecule is COC(=O)C1OC(C)(OC)[C@@](C)(OC)O[C@@H]1C(=O)OC. The van der Waals surface area contributed by atoms with Crippen LogP contribution in [0.2, 0.25) is 0 Å². The van der Waals surface area contributed by atoms with Crippen LogP contribution in [-0.4, -0.2) is 64.2 Å². The second-order valence-corrected chi connectivity index (χ2v) is 4.42. The van der Waals surface area contributed by atoms with Crippen LogP contribution in [-0.2, 0) is 38.0 Å². The van der Waals surface area contributed by atoms with Gasteiger partial charge in [-0.25, -0.2) is 9.59 Å².